The van der Waals surface area contributed by atoms with E-state index in [1.807, 2.05) is 17.5 Å². The molecule has 0 aromatic heterocycles. The topological polar surface area (TPSA) is 9.23 Å². The molecule has 1 nitrogen and oxygen atoms in total. The standard InChI is InChI=1S/C15H11BrOS2/c1-17-15-13-7-9-4-5-10(16)8-12(9)14(18)11(13)3-2-6-19-15/h2-8,18H,1H3. The Hall–Kier alpha value is -0.810. The van der Waals surface area contributed by atoms with Crippen LogP contribution in [0.4, 0.5) is 0 Å². The zero-order valence-electron chi connectivity index (χ0n) is 10.2. The molecule has 96 valence electrons. The third-order valence-corrected chi connectivity index (χ3v) is 4.91. The molecule has 0 N–H and O–H groups in total. The van der Waals surface area contributed by atoms with Crippen LogP contribution in [0.25, 0.3) is 16.8 Å². The lowest BCUT2D eigenvalue weighted by atomic mass is 10.0. The number of allylic oxidation sites excluding steroid dienone is 1. The number of ether oxygens (including phenoxy) is 1. The highest BCUT2D eigenvalue weighted by Crippen LogP contribution is 2.33. The van der Waals surface area contributed by atoms with Crippen LogP contribution in [0.15, 0.2) is 39.7 Å². The van der Waals surface area contributed by atoms with Crippen molar-refractivity contribution in [1.82, 2.24) is 0 Å². The Morgan fingerprint density at radius 3 is 2.89 bits per heavy atom. The van der Waals surface area contributed by atoms with Crippen LogP contribution in [0, 0.1) is 0 Å². The molecule has 1 aliphatic rings. The second-order valence-corrected chi connectivity index (χ2v) is 6.40. The number of hydrogen-bond donors (Lipinski definition) is 1. The number of rotatable bonds is 0. The molecule has 1 aliphatic heterocycles. The second-order valence-electron chi connectivity index (χ2n) is 4.16. The Morgan fingerprint density at radius 2 is 2.11 bits per heavy atom. The quantitative estimate of drug-likeness (QED) is 0.540. The zero-order chi connectivity index (χ0) is 13.4. The number of hydrogen-bond acceptors (Lipinski definition) is 2. The summed E-state index contributed by atoms with van der Waals surface area (Å²) in [4.78, 5) is 0.982. The molecule has 3 rings (SSSR count). The maximum Gasteiger partial charge on any atom is 0.136 e. The monoisotopic (exact) mass is 350 g/mol. The first-order valence-electron chi connectivity index (χ1n) is 5.74. The lowest BCUT2D eigenvalue weighted by Gasteiger charge is -2.12. The van der Waals surface area contributed by atoms with Gasteiger partial charge in [0.05, 0.1) is 0 Å². The first kappa shape index (κ1) is 13.2. The first-order chi connectivity index (χ1) is 9.20. The van der Waals surface area contributed by atoms with Crippen LogP contribution >= 0.6 is 39.5 Å². The van der Waals surface area contributed by atoms with Crippen molar-refractivity contribution in [3.05, 3.63) is 45.9 Å². The minimum Gasteiger partial charge on any atom is -0.339 e. The fraction of sp³-hybridized carbons (Fsp3) is 0.0667. The normalized spacial score (nSPS) is 13.7. The number of fused-ring (bicyclic) bond motifs is 2. The summed E-state index contributed by atoms with van der Waals surface area (Å²) >= 11 is 8.22. The summed E-state index contributed by atoms with van der Waals surface area (Å²) < 4.78 is 6.55. The van der Waals surface area contributed by atoms with E-state index in [1.54, 1.807) is 18.0 Å². The first-order valence-corrected chi connectivity index (χ1v) is 7.86. The SMILES string of the molecule is COC1=S=CC=Cc2c1cc1ccc(Br)cc1c2S. The van der Waals surface area contributed by atoms with Gasteiger partial charge in [0, 0.05) is 22.0 Å². The van der Waals surface area contributed by atoms with Gasteiger partial charge in [0.2, 0.25) is 0 Å². The summed E-state index contributed by atoms with van der Waals surface area (Å²) in [6.45, 7) is 0. The Morgan fingerprint density at radius 1 is 1.26 bits per heavy atom. The minimum atomic E-state index is 0.903. The van der Waals surface area contributed by atoms with Gasteiger partial charge in [-0.15, -0.1) is 23.6 Å². The van der Waals surface area contributed by atoms with Crippen LogP contribution in [-0.4, -0.2) is 17.5 Å². The average molecular weight is 351 g/mol. The number of thiol groups is 1. The van der Waals surface area contributed by atoms with Crippen LogP contribution in [0.3, 0.4) is 0 Å². The Bertz CT molecular complexity index is 771. The molecule has 0 saturated carbocycles. The summed E-state index contributed by atoms with van der Waals surface area (Å²) in [7, 11) is 3.29. The van der Waals surface area contributed by atoms with Crippen molar-refractivity contribution in [2.45, 2.75) is 4.90 Å². The molecular formula is C15H11BrOS2. The molecule has 0 unspecified atom stereocenters. The van der Waals surface area contributed by atoms with Gasteiger partial charge in [0.15, 0.2) is 0 Å². The molecule has 4 heteroatoms. The number of methoxy groups -OCH3 is 1. The third-order valence-electron chi connectivity index (χ3n) is 3.04. The number of benzene rings is 2. The van der Waals surface area contributed by atoms with E-state index in [4.69, 9.17) is 17.4 Å². The molecule has 2 aromatic carbocycles. The van der Waals surface area contributed by atoms with E-state index in [1.165, 1.54) is 0 Å². The van der Waals surface area contributed by atoms with Crippen LogP contribution in [0.5, 0.6) is 0 Å². The van der Waals surface area contributed by atoms with E-state index >= 15 is 0 Å². The van der Waals surface area contributed by atoms with Crippen molar-refractivity contribution >= 4 is 66.8 Å². The van der Waals surface area contributed by atoms with E-state index in [0.717, 1.165) is 36.3 Å². The van der Waals surface area contributed by atoms with Gasteiger partial charge in [-0.3, -0.25) is 0 Å². The van der Waals surface area contributed by atoms with E-state index in [9.17, 15) is 0 Å². The molecule has 0 fully saturated rings. The van der Waals surface area contributed by atoms with Gasteiger partial charge >= 0.3 is 0 Å². The van der Waals surface area contributed by atoms with Crippen LogP contribution in [0.2, 0.25) is 0 Å². The highest BCUT2D eigenvalue weighted by molar-refractivity contribution is 9.10. The highest BCUT2D eigenvalue weighted by atomic mass is 79.9. The predicted molar refractivity (Wildman–Crippen MR) is 92.7 cm³/mol. The number of halogens is 1. The van der Waals surface area contributed by atoms with E-state index in [0.29, 0.717) is 0 Å². The molecule has 0 bridgehead atoms. The van der Waals surface area contributed by atoms with E-state index < -0.39 is 0 Å². The Kier molecular flexibility index (Phi) is 3.67. The van der Waals surface area contributed by atoms with Crippen LogP contribution < -0.4 is 0 Å². The van der Waals surface area contributed by atoms with Crippen molar-refractivity contribution in [3.8, 4) is 0 Å². The van der Waals surface area contributed by atoms with Gasteiger partial charge in [-0.1, -0.05) is 34.1 Å². The summed E-state index contributed by atoms with van der Waals surface area (Å²) in [5, 5.41) is 5.23. The molecule has 1 heterocycles. The molecule has 0 atom stereocenters. The summed E-state index contributed by atoms with van der Waals surface area (Å²) in [5.74, 6) is 0. The Balaban J connectivity index is 2.42. The molecule has 0 amide bonds. The summed E-state index contributed by atoms with van der Waals surface area (Å²) in [5.41, 5.74) is 2.20. The van der Waals surface area contributed by atoms with Crippen molar-refractivity contribution in [2.24, 2.45) is 0 Å². The van der Waals surface area contributed by atoms with Gasteiger partial charge in [-0.2, -0.15) is 0 Å². The van der Waals surface area contributed by atoms with Gasteiger partial charge in [-0.25, -0.2) is 0 Å². The highest BCUT2D eigenvalue weighted by Gasteiger charge is 2.13. The van der Waals surface area contributed by atoms with Gasteiger partial charge in [0.1, 0.15) is 5.05 Å². The predicted octanol–water partition coefficient (Wildman–Crippen LogP) is 4.58. The fourth-order valence-corrected chi connectivity index (χ4v) is 3.58. The summed E-state index contributed by atoms with van der Waals surface area (Å²) in [6.07, 6.45) is 4.11. The second kappa shape index (κ2) is 5.29. The Labute approximate surface area is 129 Å². The fourth-order valence-electron chi connectivity index (χ4n) is 2.16. The largest absolute Gasteiger partial charge is 0.339 e. The van der Waals surface area contributed by atoms with Crippen molar-refractivity contribution in [2.75, 3.05) is 7.11 Å². The van der Waals surface area contributed by atoms with Crippen molar-refractivity contribution in [1.29, 1.82) is 0 Å². The summed E-state index contributed by atoms with van der Waals surface area (Å²) in [6, 6.07) is 8.39. The van der Waals surface area contributed by atoms with Gasteiger partial charge in [-0.05, 0) is 39.9 Å². The van der Waals surface area contributed by atoms with E-state index in [-0.39, 0.29) is 0 Å². The molecule has 2 aromatic rings. The lowest BCUT2D eigenvalue weighted by Crippen LogP contribution is -2.03. The minimum absolute atomic E-state index is 0.903. The molecule has 0 saturated heterocycles. The molecule has 19 heavy (non-hydrogen) atoms. The smallest absolute Gasteiger partial charge is 0.136 e. The average Bonchev–Trinajstić information content (AvgIpc) is 2.62. The van der Waals surface area contributed by atoms with Crippen molar-refractivity contribution in [3.63, 3.8) is 0 Å². The van der Waals surface area contributed by atoms with Crippen LogP contribution in [-0.2, 0) is 4.74 Å². The zero-order valence-corrected chi connectivity index (χ0v) is 13.5. The molecule has 0 radical (unpaired) electrons. The van der Waals surface area contributed by atoms with Gasteiger partial charge in [0.25, 0.3) is 0 Å². The molecule has 0 spiro atoms. The van der Waals surface area contributed by atoms with Crippen molar-refractivity contribution < 1.29 is 4.74 Å². The lowest BCUT2D eigenvalue weighted by molar-refractivity contribution is 0.416. The van der Waals surface area contributed by atoms with Gasteiger partial charge < -0.3 is 4.74 Å². The maximum absolute atomic E-state index is 5.49. The molecular weight excluding hydrogens is 340 g/mol. The maximum atomic E-state index is 5.49. The van der Waals surface area contributed by atoms with Crippen LogP contribution in [0.1, 0.15) is 11.1 Å². The molecule has 0 aliphatic carbocycles. The van der Waals surface area contributed by atoms with E-state index in [2.05, 4.69) is 40.2 Å². The third kappa shape index (κ3) is 2.34.